The van der Waals surface area contributed by atoms with Crippen LogP contribution in [0.15, 0.2) is 83.8 Å². The average molecular weight is 447 g/mol. The molecule has 0 saturated carbocycles. The van der Waals surface area contributed by atoms with E-state index in [1.807, 2.05) is 48.5 Å². The van der Waals surface area contributed by atoms with Crippen molar-refractivity contribution in [2.45, 2.75) is 30.8 Å². The van der Waals surface area contributed by atoms with Crippen LogP contribution in [0.4, 0.5) is 0 Å². The molecule has 166 valence electrons. The summed E-state index contributed by atoms with van der Waals surface area (Å²) in [6, 6.07) is 26.1. The summed E-state index contributed by atoms with van der Waals surface area (Å²) < 4.78 is 5.81. The Labute approximate surface area is 195 Å². The minimum absolute atomic E-state index is 0.0628. The van der Waals surface area contributed by atoms with Gasteiger partial charge in [0.2, 0.25) is 0 Å². The Hall–Kier alpha value is -2.76. The minimum atomic E-state index is -0.0628. The van der Waals surface area contributed by atoms with Gasteiger partial charge in [0.25, 0.3) is 5.91 Å². The maximum atomic E-state index is 12.6. The first-order chi connectivity index (χ1) is 15.8. The molecule has 5 heteroatoms. The molecule has 0 atom stereocenters. The Bertz CT molecular complexity index is 986. The van der Waals surface area contributed by atoms with Crippen molar-refractivity contribution < 1.29 is 9.53 Å². The highest BCUT2D eigenvalue weighted by Crippen LogP contribution is 2.19. The predicted octanol–water partition coefficient (Wildman–Crippen LogP) is 5.38. The van der Waals surface area contributed by atoms with Crippen LogP contribution >= 0.6 is 11.8 Å². The lowest BCUT2D eigenvalue weighted by Crippen LogP contribution is -2.25. The molecule has 0 aromatic heterocycles. The van der Waals surface area contributed by atoms with Crippen LogP contribution in [-0.4, -0.2) is 36.3 Å². The van der Waals surface area contributed by atoms with E-state index in [9.17, 15) is 4.79 Å². The van der Waals surface area contributed by atoms with Gasteiger partial charge in [-0.1, -0.05) is 42.5 Å². The fraction of sp³-hybridized carbons (Fsp3) is 0.296. The SMILES string of the molecule is O=C(NCc1ccccc1CN1CCCC1)c1ccc(OCCSc2ccccc2)cc1. The molecule has 3 aromatic carbocycles. The number of hydrogen-bond acceptors (Lipinski definition) is 4. The van der Waals surface area contributed by atoms with Crippen molar-refractivity contribution in [2.75, 3.05) is 25.4 Å². The lowest BCUT2D eigenvalue weighted by Gasteiger charge is -2.17. The summed E-state index contributed by atoms with van der Waals surface area (Å²) in [7, 11) is 0. The van der Waals surface area contributed by atoms with Gasteiger partial charge >= 0.3 is 0 Å². The topological polar surface area (TPSA) is 41.6 Å². The number of carbonyl (C=O) groups excluding carboxylic acids is 1. The van der Waals surface area contributed by atoms with Crippen molar-refractivity contribution in [2.24, 2.45) is 0 Å². The summed E-state index contributed by atoms with van der Waals surface area (Å²) in [5.74, 6) is 1.60. The number of hydrogen-bond donors (Lipinski definition) is 1. The van der Waals surface area contributed by atoms with Crippen molar-refractivity contribution in [1.29, 1.82) is 0 Å². The van der Waals surface area contributed by atoms with E-state index in [1.165, 1.54) is 42.0 Å². The van der Waals surface area contributed by atoms with Crippen molar-refractivity contribution in [3.63, 3.8) is 0 Å². The van der Waals surface area contributed by atoms with Gasteiger partial charge in [-0.05, 0) is 73.5 Å². The van der Waals surface area contributed by atoms with Crippen LogP contribution in [0.25, 0.3) is 0 Å². The average Bonchev–Trinajstić information content (AvgIpc) is 3.35. The first-order valence-corrected chi connectivity index (χ1v) is 12.2. The number of rotatable bonds is 10. The van der Waals surface area contributed by atoms with Gasteiger partial charge in [-0.15, -0.1) is 11.8 Å². The Kier molecular flexibility index (Phi) is 8.23. The highest BCUT2D eigenvalue weighted by atomic mass is 32.2. The molecular formula is C27H30N2O2S. The van der Waals surface area contributed by atoms with Crippen molar-refractivity contribution in [1.82, 2.24) is 10.2 Å². The first kappa shape index (κ1) is 22.4. The van der Waals surface area contributed by atoms with Crippen LogP contribution in [0.1, 0.15) is 34.3 Å². The number of nitrogens with zero attached hydrogens (tertiary/aromatic N) is 1. The molecule has 4 rings (SSSR count). The third-order valence-electron chi connectivity index (χ3n) is 5.63. The molecule has 0 unspecified atom stereocenters. The number of nitrogens with one attached hydrogen (secondary N) is 1. The fourth-order valence-electron chi connectivity index (χ4n) is 3.88. The highest BCUT2D eigenvalue weighted by Gasteiger charge is 2.14. The molecule has 4 nitrogen and oxygen atoms in total. The van der Waals surface area contributed by atoms with Crippen LogP contribution < -0.4 is 10.1 Å². The Balaban J connectivity index is 1.23. The second-order valence-corrected chi connectivity index (χ2v) is 9.14. The van der Waals surface area contributed by atoms with Crippen LogP contribution in [0.2, 0.25) is 0 Å². The molecule has 0 radical (unpaired) electrons. The summed E-state index contributed by atoms with van der Waals surface area (Å²) in [6.45, 7) is 4.46. The number of amides is 1. The smallest absolute Gasteiger partial charge is 0.251 e. The van der Waals surface area contributed by atoms with E-state index >= 15 is 0 Å². The number of benzene rings is 3. The molecule has 32 heavy (non-hydrogen) atoms. The number of likely N-dealkylation sites (tertiary alicyclic amines) is 1. The van der Waals surface area contributed by atoms with Gasteiger partial charge in [-0.3, -0.25) is 9.69 Å². The molecule has 0 spiro atoms. The van der Waals surface area contributed by atoms with Gasteiger partial charge in [-0.2, -0.15) is 0 Å². The van der Waals surface area contributed by atoms with Crippen LogP contribution in [-0.2, 0) is 13.1 Å². The Morgan fingerprint density at radius 2 is 1.56 bits per heavy atom. The third kappa shape index (κ3) is 6.62. The molecule has 0 bridgehead atoms. The molecular weight excluding hydrogens is 416 g/mol. The van der Waals surface area contributed by atoms with E-state index in [1.54, 1.807) is 11.8 Å². The zero-order valence-corrected chi connectivity index (χ0v) is 19.2. The van der Waals surface area contributed by atoms with Crippen LogP contribution in [0, 0.1) is 0 Å². The van der Waals surface area contributed by atoms with Gasteiger partial charge in [0.05, 0.1) is 6.61 Å². The van der Waals surface area contributed by atoms with Crippen LogP contribution in [0.5, 0.6) is 5.75 Å². The van der Waals surface area contributed by atoms with Crippen molar-refractivity contribution in [3.8, 4) is 5.75 Å². The van der Waals surface area contributed by atoms with E-state index in [0.717, 1.165) is 18.0 Å². The molecule has 1 N–H and O–H groups in total. The maximum absolute atomic E-state index is 12.6. The summed E-state index contributed by atoms with van der Waals surface area (Å²) in [5, 5.41) is 3.07. The zero-order valence-electron chi connectivity index (χ0n) is 18.3. The summed E-state index contributed by atoms with van der Waals surface area (Å²) in [6.07, 6.45) is 2.56. The number of carbonyl (C=O) groups is 1. The molecule has 1 aliphatic heterocycles. The van der Waals surface area contributed by atoms with Crippen molar-refractivity contribution >= 4 is 17.7 Å². The second kappa shape index (κ2) is 11.7. The minimum Gasteiger partial charge on any atom is -0.493 e. The highest BCUT2D eigenvalue weighted by molar-refractivity contribution is 7.99. The van der Waals surface area contributed by atoms with E-state index in [2.05, 4.69) is 40.5 Å². The Morgan fingerprint density at radius 1 is 0.875 bits per heavy atom. The largest absolute Gasteiger partial charge is 0.493 e. The molecule has 1 aliphatic rings. The molecule has 1 amide bonds. The quantitative estimate of drug-likeness (QED) is 0.335. The number of thioether (sulfide) groups is 1. The van der Waals surface area contributed by atoms with E-state index in [0.29, 0.717) is 18.7 Å². The molecule has 1 heterocycles. The zero-order chi connectivity index (χ0) is 22.0. The standard InChI is InChI=1S/C27H30N2O2S/c30-27(28-20-23-8-4-5-9-24(23)21-29-16-6-7-17-29)22-12-14-25(15-13-22)31-18-19-32-26-10-2-1-3-11-26/h1-5,8-15H,6-7,16-21H2,(H,28,30). The van der Waals surface area contributed by atoms with Crippen LogP contribution in [0.3, 0.4) is 0 Å². The molecule has 1 saturated heterocycles. The fourth-order valence-corrected chi connectivity index (χ4v) is 4.63. The molecule has 1 fully saturated rings. The maximum Gasteiger partial charge on any atom is 0.251 e. The second-order valence-electron chi connectivity index (χ2n) is 7.97. The molecule has 3 aromatic rings. The first-order valence-electron chi connectivity index (χ1n) is 11.3. The predicted molar refractivity (Wildman–Crippen MR) is 131 cm³/mol. The van der Waals surface area contributed by atoms with E-state index < -0.39 is 0 Å². The summed E-state index contributed by atoms with van der Waals surface area (Å²) in [4.78, 5) is 16.4. The van der Waals surface area contributed by atoms with Gasteiger partial charge in [0.15, 0.2) is 0 Å². The third-order valence-corrected chi connectivity index (χ3v) is 6.61. The lowest BCUT2D eigenvalue weighted by atomic mass is 10.1. The summed E-state index contributed by atoms with van der Waals surface area (Å²) in [5.41, 5.74) is 3.13. The van der Waals surface area contributed by atoms with Gasteiger partial charge in [-0.25, -0.2) is 0 Å². The lowest BCUT2D eigenvalue weighted by molar-refractivity contribution is 0.0950. The number of ether oxygens (including phenoxy) is 1. The van der Waals surface area contributed by atoms with E-state index in [-0.39, 0.29) is 5.91 Å². The van der Waals surface area contributed by atoms with Gasteiger partial charge in [0, 0.05) is 29.3 Å². The van der Waals surface area contributed by atoms with Crippen molar-refractivity contribution in [3.05, 3.63) is 95.6 Å². The van der Waals surface area contributed by atoms with Gasteiger partial charge < -0.3 is 10.1 Å². The van der Waals surface area contributed by atoms with E-state index in [4.69, 9.17) is 4.74 Å². The van der Waals surface area contributed by atoms with Gasteiger partial charge in [0.1, 0.15) is 5.75 Å². The normalized spacial score (nSPS) is 13.8. The Morgan fingerprint density at radius 3 is 2.31 bits per heavy atom. The monoisotopic (exact) mass is 446 g/mol. The molecule has 0 aliphatic carbocycles. The summed E-state index contributed by atoms with van der Waals surface area (Å²) >= 11 is 1.77.